The van der Waals surface area contributed by atoms with Gasteiger partial charge in [0.15, 0.2) is 0 Å². The molecule has 1 N–H and O–H groups in total. The van der Waals surface area contributed by atoms with Crippen LogP contribution in [0.25, 0.3) is 11.3 Å². The van der Waals surface area contributed by atoms with Gasteiger partial charge in [-0.05, 0) is 56.3 Å². The Morgan fingerprint density at radius 3 is 2.65 bits per heavy atom. The van der Waals surface area contributed by atoms with Gasteiger partial charge in [-0.2, -0.15) is 15.3 Å². The molecule has 5 heteroatoms. The molecule has 1 saturated heterocycles. The van der Waals surface area contributed by atoms with Crippen LogP contribution in [-0.4, -0.2) is 33.1 Å². The molecule has 4 rings (SSSR count). The maximum atomic E-state index is 4.41. The SMILES string of the molecule is Cc1nn(C)cc1-c1ccc(CC2[C@H]3CNC[C@@H]23)nn1. The average molecular weight is 269 g/mol. The standard InChI is InChI=1S/C15H19N5/c1-9-14(8-20(2)19-9)15-4-3-10(17-18-15)5-11-12-6-16-7-13(11)12/h3-4,8,11-13,16H,5-7H2,1-2H3/t11?,12-,13+. The van der Waals surface area contributed by atoms with E-state index in [0.717, 1.165) is 46.8 Å². The maximum Gasteiger partial charge on any atom is 0.0964 e. The molecule has 1 saturated carbocycles. The number of aromatic nitrogens is 4. The highest BCUT2D eigenvalue weighted by molar-refractivity contribution is 5.60. The molecule has 104 valence electrons. The van der Waals surface area contributed by atoms with Crippen LogP contribution in [0.3, 0.4) is 0 Å². The Hall–Kier alpha value is -1.75. The van der Waals surface area contributed by atoms with Gasteiger partial charge in [0.1, 0.15) is 0 Å². The van der Waals surface area contributed by atoms with E-state index in [1.165, 1.54) is 13.1 Å². The van der Waals surface area contributed by atoms with Crippen molar-refractivity contribution < 1.29 is 0 Å². The zero-order valence-electron chi connectivity index (χ0n) is 11.9. The number of piperidine rings is 1. The molecule has 0 spiro atoms. The van der Waals surface area contributed by atoms with Crippen molar-refractivity contribution in [3.05, 3.63) is 29.7 Å². The lowest BCUT2D eigenvalue weighted by atomic mass is 10.1. The molecule has 1 aliphatic heterocycles. The first-order chi connectivity index (χ1) is 9.72. The molecule has 0 radical (unpaired) electrons. The lowest BCUT2D eigenvalue weighted by Gasteiger charge is -2.04. The number of nitrogens with one attached hydrogen (secondary N) is 1. The largest absolute Gasteiger partial charge is 0.316 e. The van der Waals surface area contributed by atoms with Gasteiger partial charge in [-0.15, -0.1) is 0 Å². The number of fused-ring (bicyclic) bond motifs is 1. The summed E-state index contributed by atoms with van der Waals surface area (Å²) in [5, 5.41) is 16.6. The summed E-state index contributed by atoms with van der Waals surface area (Å²) in [5.74, 6) is 2.60. The zero-order chi connectivity index (χ0) is 13.7. The van der Waals surface area contributed by atoms with E-state index in [1.807, 2.05) is 24.9 Å². The van der Waals surface area contributed by atoms with Gasteiger partial charge in [0.2, 0.25) is 0 Å². The van der Waals surface area contributed by atoms with Gasteiger partial charge < -0.3 is 5.32 Å². The van der Waals surface area contributed by atoms with Gasteiger partial charge in [-0.3, -0.25) is 4.68 Å². The smallest absolute Gasteiger partial charge is 0.0964 e. The predicted molar refractivity (Wildman–Crippen MR) is 76.0 cm³/mol. The highest BCUT2D eigenvalue weighted by atomic mass is 15.3. The predicted octanol–water partition coefficient (Wildman–Crippen LogP) is 1.19. The third kappa shape index (κ3) is 1.93. The van der Waals surface area contributed by atoms with E-state index in [1.54, 1.807) is 0 Å². The topological polar surface area (TPSA) is 55.6 Å². The van der Waals surface area contributed by atoms with E-state index in [0.29, 0.717) is 0 Å². The molecule has 2 aromatic heterocycles. The van der Waals surface area contributed by atoms with Crippen LogP contribution in [0.4, 0.5) is 0 Å². The zero-order valence-corrected chi connectivity index (χ0v) is 11.9. The van der Waals surface area contributed by atoms with Crippen LogP contribution in [-0.2, 0) is 13.5 Å². The molecule has 0 amide bonds. The highest BCUT2D eigenvalue weighted by Crippen LogP contribution is 2.50. The minimum absolute atomic E-state index is 0.830. The average Bonchev–Trinajstić information content (AvgIpc) is 2.80. The van der Waals surface area contributed by atoms with Crippen molar-refractivity contribution in [1.82, 2.24) is 25.3 Å². The Bertz CT molecular complexity index is 620. The summed E-state index contributed by atoms with van der Waals surface area (Å²) >= 11 is 0. The number of rotatable bonds is 3. The molecule has 0 bridgehead atoms. The maximum absolute atomic E-state index is 4.41. The van der Waals surface area contributed by atoms with Gasteiger partial charge in [0.25, 0.3) is 0 Å². The first-order valence-corrected chi connectivity index (χ1v) is 7.26. The van der Waals surface area contributed by atoms with Crippen molar-refractivity contribution in [2.75, 3.05) is 13.1 Å². The Balaban J connectivity index is 1.50. The van der Waals surface area contributed by atoms with Crippen molar-refractivity contribution in [2.24, 2.45) is 24.8 Å². The van der Waals surface area contributed by atoms with Gasteiger partial charge in [-0.1, -0.05) is 0 Å². The second-order valence-electron chi connectivity index (χ2n) is 6.07. The summed E-state index contributed by atoms with van der Waals surface area (Å²) in [6.45, 7) is 4.38. The summed E-state index contributed by atoms with van der Waals surface area (Å²) in [7, 11) is 1.93. The van der Waals surface area contributed by atoms with Crippen molar-refractivity contribution in [3.63, 3.8) is 0 Å². The Kier molecular flexibility index (Phi) is 2.63. The molecule has 5 nitrogen and oxygen atoms in total. The lowest BCUT2D eigenvalue weighted by Crippen LogP contribution is -2.15. The molecule has 1 unspecified atom stereocenters. The normalized spacial score (nSPS) is 27.6. The van der Waals surface area contributed by atoms with Gasteiger partial charge in [-0.25, -0.2) is 0 Å². The minimum Gasteiger partial charge on any atom is -0.316 e. The molecule has 2 aliphatic rings. The summed E-state index contributed by atoms with van der Waals surface area (Å²) in [5.41, 5.74) is 4.10. The lowest BCUT2D eigenvalue weighted by molar-refractivity contribution is 0.585. The molecule has 3 atom stereocenters. The van der Waals surface area contributed by atoms with Crippen molar-refractivity contribution in [1.29, 1.82) is 0 Å². The highest BCUT2D eigenvalue weighted by Gasteiger charge is 2.52. The quantitative estimate of drug-likeness (QED) is 0.909. The van der Waals surface area contributed by atoms with E-state index in [2.05, 4.69) is 32.7 Å². The molecular formula is C15H19N5. The summed E-state index contributed by atoms with van der Waals surface area (Å²) in [6, 6.07) is 4.19. The molecule has 2 fully saturated rings. The van der Waals surface area contributed by atoms with Gasteiger partial charge in [0.05, 0.1) is 17.1 Å². The molecular weight excluding hydrogens is 250 g/mol. The van der Waals surface area contributed by atoms with Gasteiger partial charge >= 0.3 is 0 Å². The van der Waals surface area contributed by atoms with E-state index in [4.69, 9.17) is 0 Å². The Morgan fingerprint density at radius 2 is 2.05 bits per heavy atom. The summed E-state index contributed by atoms with van der Waals surface area (Å²) < 4.78 is 1.82. The monoisotopic (exact) mass is 269 g/mol. The first kappa shape index (κ1) is 12.0. The van der Waals surface area contributed by atoms with E-state index in [-0.39, 0.29) is 0 Å². The van der Waals surface area contributed by atoms with E-state index < -0.39 is 0 Å². The Labute approximate surface area is 118 Å². The summed E-state index contributed by atoms with van der Waals surface area (Å²) in [4.78, 5) is 0. The van der Waals surface area contributed by atoms with Crippen molar-refractivity contribution >= 4 is 0 Å². The number of aryl methyl sites for hydroxylation is 2. The fourth-order valence-corrected chi connectivity index (χ4v) is 3.55. The van der Waals surface area contributed by atoms with Crippen LogP contribution < -0.4 is 5.32 Å². The minimum atomic E-state index is 0.830. The Morgan fingerprint density at radius 1 is 1.25 bits per heavy atom. The van der Waals surface area contributed by atoms with Crippen molar-refractivity contribution in [3.8, 4) is 11.3 Å². The molecule has 0 aromatic carbocycles. The summed E-state index contributed by atoms with van der Waals surface area (Å²) in [6.07, 6.45) is 3.08. The third-order valence-corrected chi connectivity index (χ3v) is 4.72. The third-order valence-electron chi connectivity index (χ3n) is 4.72. The van der Waals surface area contributed by atoms with Gasteiger partial charge in [0, 0.05) is 18.8 Å². The molecule has 1 aliphatic carbocycles. The first-order valence-electron chi connectivity index (χ1n) is 7.26. The van der Waals surface area contributed by atoms with Crippen LogP contribution in [0.15, 0.2) is 18.3 Å². The van der Waals surface area contributed by atoms with Crippen LogP contribution in [0.1, 0.15) is 11.4 Å². The number of hydrogen-bond acceptors (Lipinski definition) is 4. The number of hydrogen-bond donors (Lipinski definition) is 1. The van der Waals surface area contributed by atoms with Crippen LogP contribution in [0.2, 0.25) is 0 Å². The fourth-order valence-electron chi connectivity index (χ4n) is 3.55. The second kappa shape index (κ2) is 4.38. The van der Waals surface area contributed by atoms with Crippen LogP contribution >= 0.6 is 0 Å². The van der Waals surface area contributed by atoms with E-state index >= 15 is 0 Å². The molecule has 20 heavy (non-hydrogen) atoms. The van der Waals surface area contributed by atoms with E-state index in [9.17, 15) is 0 Å². The molecule has 2 aromatic rings. The second-order valence-corrected chi connectivity index (χ2v) is 6.07. The van der Waals surface area contributed by atoms with Crippen molar-refractivity contribution in [2.45, 2.75) is 13.3 Å². The van der Waals surface area contributed by atoms with Crippen LogP contribution in [0.5, 0.6) is 0 Å². The van der Waals surface area contributed by atoms with Crippen LogP contribution in [0, 0.1) is 24.7 Å². The molecule has 3 heterocycles. The number of nitrogens with zero attached hydrogens (tertiary/aromatic N) is 4. The fraction of sp³-hybridized carbons (Fsp3) is 0.533.